The fourth-order valence-corrected chi connectivity index (χ4v) is 2.55. The minimum atomic E-state index is -2.86. The van der Waals surface area contributed by atoms with Gasteiger partial charge in [-0.25, -0.2) is 0 Å². The number of ether oxygens (including phenoxy) is 3. The Kier molecular flexibility index (Phi) is 9.71. The number of para-hydroxylation sites is 1. The minimum Gasteiger partial charge on any atom is -0.497 e. The van der Waals surface area contributed by atoms with Crippen molar-refractivity contribution in [3.05, 3.63) is 59.7 Å². The molecule has 0 radical (unpaired) electrons. The maximum Gasteiger partial charge on any atom is 0.387 e. The Morgan fingerprint density at radius 2 is 1.83 bits per heavy atom. The Morgan fingerprint density at radius 1 is 1.07 bits per heavy atom. The van der Waals surface area contributed by atoms with Gasteiger partial charge >= 0.3 is 6.61 Å². The Morgan fingerprint density at radius 3 is 2.52 bits per heavy atom. The maximum atomic E-state index is 12.5. The fourth-order valence-electron chi connectivity index (χ4n) is 2.55. The highest BCUT2D eigenvalue weighted by molar-refractivity contribution is 5.79. The van der Waals surface area contributed by atoms with Crippen LogP contribution in [0.4, 0.5) is 8.78 Å². The molecule has 0 aliphatic heterocycles. The van der Waals surface area contributed by atoms with E-state index in [1.165, 1.54) is 6.07 Å². The average molecular weight is 407 g/mol. The maximum absolute atomic E-state index is 12.5. The van der Waals surface area contributed by atoms with E-state index in [1.54, 1.807) is 32.4 Å². The summed E-state index contributed by atoms with van der Waals surface area (Å²) in [4.78, 5) is 4.13. The summed E-state index contributed by atoms with van der Waals surface area (Å²) in [5.41, 5.74) is 1.71. The zero-order valence-corrected chi connectivity index (χ0v) is 16.7. The van der Waals surface area contributed by atoms with E-state index in [-0.39, 0.29) is 5.75 Å². The molecule has 158 valence electrons. The van der Waals surface area contributed by atoms with Crippen molar-refractivity contribution in [2.24, 2.45) is 4.99 Å². The van der Waals surface area contributed by atoms with Crippen LogP contribution in [0, 0.1) is 0 Å². The molecule has 0 amide bonds. The number of alkyl halides is 2. The van der Waals surface area contributed by atoms with Gasteiger partial charge in [-0.05, 0) is 30.2 Å². The number of hydrogen-bond acceptors (Lipinski definition) is 4. The topological polar surface area (TPSA) is 64.1 Å². The van der Waals surface area contributed by atoms with Gasteiger partial charge in [0.15, 0.2) is 5.96 Å². The molecular formula is C21H27F2N3O3. The molecule has 0 heterocycles. The lowest BCUT2D eigenvalue weighted by Gasteiger charge is -2.14. The third-order valence-electron chi connectivity index (χ3n) is 4.04. The fraction of sp³-hybridized carbons (Fsp3) is 0.381. The Bertz CT molecular complexity index is 755. The summed E-state index contributed by atoms with van der Waals surface area (Å²) >= 11 is 0. The molecule has 0 fully saturated rings. The number of halogens is 2. The molecule has 0 aliphatic carbocycles. The summed E-state index contributed by atoms with van der Waals surface area (Å²) in [5.74, 6) is 1.55. The third kappa shape index (κ3) is 8.35. The summed E-state index contributed by atoms with van der Waals surface area (Å²) < 4.78 is 40.3. The van der Waals surface area contributed by atoms with E-state index in [2.05, 4.69) is 20.4 Å². The van der Waals surface area contributed by atoms with Gasteiger partial charge in [0.25, 0.3) is 0 Å². The summed E-state index contributed by atoms with van der Waals surface area (Å²) in [5, 5.41) is 6.26. The number of rotatable bonds is 11. The molecule has 0 saturated heterocycles. The Hall–Kier alpha value is -2.87. The van der Waals surface area contributed by atoms with Crippen molar-refractivity contribution >= 4 is 5.96 Å². The van der Waals surface area contributed by atoms with Crippen LogP contribution in [0.5, 0.6) is 11.5 Å². The first-order valence-corrected chi connectivity index (χ1v) is 9.30. The van der Waals surface area contributed by atoms with Crippen LogP contribution >= 0.6 is 0 Å². The van der Waals surface area contributed by atoms with Crippen LogP contribution in [0.1, 0.15) is 17.5 Å². The molecule has 0 saturated carbocycles. The molecule has 2 rings (SSSR count). The number of hydrogen-bond donors (Lipinski definition) is 2. The van der Waals surface area contributed by atoms with Gasteiger partial charge in [-0.15, -0.1) is 0 Å². The summed E-state index contributed by atoms with van der Waals surface area (Å²) in [7, 11) is 3.29. The lowest BCUT2D eigenvalue weighted by atomic mass is 10.2. The summed E-state index contributed by atoms with van der Waals surface area (Å²) in [6.07, 6.45) is 0.794. The quantitative estimate of drug-likeness (QED) is 0.339. The molecule has 0 spiro atoms. The van der Waals surface area contributed by atoms with E-state index in [4.69, 9.17) is 9.47 Å². The van der Waals surface area contributed by atoms with E-state index >= 15 is 0 Å². The molecule has 0 bridgehead atoms. The highest BCUT2D eigenvalue weighted by Gasteiger charge is 2.09. The van der Waals surface area contributed by atoms with Crippen LogP contribution in [0.15, 0.2) is 53.5 Å². The van der Waals surface area contributed by atoms with E-state index < -0.39 is 6.61 Å². The summed E-state index contributed by atoms with van der Waals surface area (Å²) in [6.45, 7) is -0.737. The normalized spacial score (nSPS) is 11.4. The zero-order chi connectivity index (χ0) is 20.9. The van der Waals surface area contributed by atoms with E-state index in [1.807, 2.05) is 24.3 Å². The van der Waals surface area contributed by atoms with Crippen LogP contribution in [-0.2, 0) is 17.9 Å². The van der Waals surface area contributed by atoms with Gasteiger partial charge in [-0.3, -0.25) is 4.99 Å². The van der Waals surface area contributed by atoms with Crippen molar-refractivity contribution in [1.82, 2.24) is 10.6 Å². The highest BCUT2D eigenvalue weighted by atomic mass is 19.3. The van der Waals surface area contributed by atoms with Gasteiger partial charge in [0, 0.05) is 32.3 Å². The standard InChI is InChI=1S/C21H27F2N3O3/c1-24-21(26-14-17-6-3-4-7-19(17)29-20(22)23)25-12-5-13-28-15-16-8-10-18(27-2)11-9-16/h3-4,6-11,20H,5,12-15H2,1-2H3,(H2,24,25,26). The molecule has 8 heteroatoms. The molecule has 6 nitrogen and oxygen atoms in total. The summed E-state index contributed by atoms with van der Waals surface area (Å²) in [6, 6.07) is 14.4. The number of nitrogens with zero attached hydrogens (tertiary/aromatic N) is 1. The molecule has 0 aromatic heterocycles. The van der Waals surface area contributed by atoms with Crippen LogP contribution in [0.25, 0.3) is 0 Å². The number of benzene rings is 2. The highest BCUT2D eigenvalue weighted by Crippen LogP contribution is 2.19. The molecule has 2 aromatic carbocycles. The molecule has 0 unspecified atom stereocenters. The second kappa shape index (κ2) is 12.6. The molecular weight excluding hydrogens is 380 g/mol. The number of guanidine groups is 1. The van der Waals surface area contributed by atoms with E-state index in [0.29, 0.717) is 37.8 Å². The second-order valence-corrected chi connectivity index (χ2v) is 6.09. The first-order valence-electron chi connectivity index (χ1n) is 9.30. The predicted molar refractivity (Wildman–Crippen MR) is 109 cm³/mol. The molecule has 0 atom stereocenters. The predicted octanol–water partition coefficient (Wildman–Crippen LogP) is 3.57. The van der Waals surface area contributed by atoms with Crippen LogP contribution in [-0.4, -0.2) is 39.9 Å². The van der Waals surface area contributed by atoms with Crippen molar-refractivity contribution in [1.29, 1.82) is 0 Å². The van der Waals surface area contributed by atoms with E-state index in [9.17, 15) is 8.78 Å². The van der Waals surface area contributed by atoms with Crippen LogP contribution in [0.2, 0.25) is 0 Å². The molecule has 2 aromatic rings. The minimum absolute atomic E-state index is 0.150. The van der Waals surface area contributed by atoms with Gasteiger partial charge in [0.2, 0.25) is 0 Å². The zero-order valence-electron chi connectivity index (χ0n) is 16.7. The van der Waals surface area contributed by atoms with Crippen molar-refractivity contribution in [3.8, 4) is 11.5 Å². The van der Waals surface area contributed by atoms with Gasteiger partial charge in [-0.2, -0.15) is 8.78 Å². The Balaban J connectivity index is 1.65. The van der Waals surface area contributed by atoms with Crippen molar-refractivity contribution in [3.63, 3.8) is 0 Å². The third-order valence-corrected chi connectivity index (χ3v) is 4.04. The van der Waals surface area contributed by atoms with Crippen molar-refractivity contribution in [2.45, 2.75) is 26.2 Å². The molecule has 29 heavy (non-hydrogen) atoms. The Labute approximate surface area is 169 Å². The molecule has 2 N–H and O–H groups in total. The average Bonchev–Trinajstić information content (AvgIpc) is 2.73. The van der Waals surface area contributed by atoms with Crippen molar-refractivity contribution < 1.29 is 23.0 Å². The monoisotopic (exact) mass is 407 g/mol. The van der Waals surface area contributed by atoms with Crippen LogP contribution < -0.4 is 20.1 Å². The lowest BCUT2D eigenvalue weighted by Crippen LogP contribution is -2.37. The van der Waals surface area contributed by atoms with Gasteiger partial charge < -0.3 is 24.8 Å². The van der Waals surface area contributed by atoms with Crippen LogP contribution in [0.3, 0.4) is 0 Å². The van der Waals surface area contributed by atoms with Crippen molar-refractivity contribution in [2.75, 3.05) is 27.3 Å². The van der Waals surface area contributed by atoms with Gasteiger partial charge in [0.05, 0.1) is 13.7 Å². The largest absolute Gasteiger partial charge is 0.497 e. The SMILES string of the molecule is CN=C(NCCCOCc1ccc(OC)cc1)NCc1ccccc1OC(F)F. The van der Waals surface area contributed by atoms with Gasteiger partial charge in [0.1, 0.15) is 11.5 Å². The molecule has 0 aliphatic rings. The van der Waals surface area contributed by atoms with Gasteiger partial charge in [-0.1, -0.05) is 30.3 Å². The lowest BCUT2D eigenvalue weighted by molar-refractivity contribution is -0.0504. The first kappa shape index (κ1) is 22.4. The first-order chi connectivity index (χ1) is 14.1. The number of methoxy groups -OCH3 is 1. The smallest absolute Gasteiger partial charge is 0.387 e. The van der Waals surface area contributed by atoms with E-state index in [0.717, 1.165) is 17.7 Å². The second-order valence-electron chi connectivity index (χ2n) is 6.09. The number of nitrogens with one attached hydrogen (secondary N) is 2. The number of aliphatic imine (C=N–C) groups is 1.